The molecule has 0 aliphatic heterocycles. The van der Waals surface area contributed by atoms with E-state index in [-0.39, 0.29) is 18.3 Å². The summed E-state index contributed by atoms with van der Waals surface area (Å²) in [4.78, 5) is 22.4. The van der Waals surface area contributed by atoms with Crippen LogP contribution in [-0.4, -0.2) is 27.3 Å². The molecule has 0 atom stereocenters. The maximum atomic E-state index is 10.8. The van der Waals surface area contributed by atoms with Crippen molar-refractivity contribution in [3.05, 3.63) is 83.2 Å². The zero-order valence-corrected chi connectivity index (χ0v) is 20.5. The maximum absolute atomic E-state index is 10.8. The second kappa shape index (κ2) is 14.2. The van der Waals surface area contributed by atoms with E-state index < -0.39 is 5.97 Å². The van der Waals surface area contributed by atoms with Crippen LogP contribution in [0, 0.1) is 12.8 Å². The first-order chi connectivity index (χ1) is 17.0. The molecule has 0 bridgehead atoms. The normalized spacial score (nSPS) is 11.9. The highest BCUT2D eigenvalue weighted by molar-refractivity contribution is 6.34. The Hall–Kier alpha value is -4.08. The highest BCUT2D eigenvalue weighted by Gasteiger charge is 2.12. The lowest BCUT2D eigenvalue weighted by Gasteiger charge is -2.06. The van der Waals surface area contributed by atoms with Gasteiger partial charge < -0.3 is 14.8 Å². The Balaban J connectivity index is 0.00000210. The summed E-state index contributed by atoms with van der Waals surface area (Å²) >= 11 is 6.55. The molecule has 1 aromatic heterocycles. The molecule has 0 aliphatic carbocycles. The van der Waals surface area contributed by atoms with E-state index in [0.717, 1.165) is 24.0 Å². The minimum Gasteiger partial charge on any atom is -0.481 e. The summed E-state index contributed by atoms with van der Waals surface area (Å²) in [6.07, 6.45) is 21.0. The molecule has 180 valence electrons. The summed E-state index contributed by atoms with van der Waals surface area (Å²) in [5.74, 6) is -0.820. The molecule has 0 spiro atoms. The number of nitrogens with one attached hydrogen (secondary N) is 1. The monoisotopic (exact) mass is 489 g/mol. The van der Waals surface area contributed by atoms with Crippen LogP contribution < -0.4 is 4.74 Å². The Kier molecular flexibility index (Phi) is 11.1. The molecule has 0 saturated heterocycles. The molecule has 2 N–H and O–H groups in total. The van der Waals surface area contributed by atoms with Crippen molar-refractivity contribution in [1.82, 2.24) is 9.97 Å². The number of imidazole rings is 1. The fourth-order valence-corrected chi connectivity index (χ4v) is 3.39. The zero-order valence-electron chi connectivity index (χ0n) is 19.7. The number of aliphatic carboxylic acids is 1. The first-order valence-corrected chi connectivity index (χ1v) is 11.4. The van der Waals surface area contributed by atoms with Crippen molar-refractivity contribution in [2.24, 2.45) is 4.99 Å². The number of aromatic amines is 1. The summed E-state index contributed by atoms with van der Waals surface area (Å²) in [5, 5.41) is 9.46. The topological polar surface area (TPSA) is 87.6 Å². The third kappa shape index (κ3) is 8.33. The molecule has 0 fully saturated rings. The van der Waals surface area contributed by atoms with Gasteiger partial charge in [-0.05, 0) is 49.1 Å². The van der Waals surface area contributed by atoms with Gasteiger partial charge in [-0.15, -0.1) is 12.8 Å². The predicted molar refractivity (Wildman–Crippen MR) is 144 cm³/mol. The lowest BCUT2D eigenvalue weighted by molar-refractivity contribution is -0.136. The van der Waals surface area contributed by atoms with E-state index in [1.54, 1.807) is 13.0 Å². The number of carboxylic acid groups (broad SMARTS) is 1. The molecule has 3 rings (SSSR count). The Morgan fingerprint density at radius 2 is 1.91 bits per heavy atom. The van der Waals surface area contributed by atoms with Crippen LogP contribution >= 0.6 is 11.6 Å². The first-order valence-electron chi connectivity index (χ1n) is 11.0. The number of nitrogens with zero attached hydrogens (tertiary/aromatic N) is 2. The second-order valence-corrected chi connectivity index (χ2v) is 7.59. The number of halogens is 1. The summed E-state index contributed by atoms with van der Waals surface area (Å²) in [7, 11) is 0. The van der Waals surface area contributed by atoms with Gasteiger partial charge in [-0.25, -0.2) is 4.99 Å². The van der Waals surface area contributed by atoms with Crippen molar-refractivity contribution in [3.8, 4) is 30.0 Å². The average Bonchev–Trinajstić information content (AvgIpc) is 3.24. The quantitative estimate of drug-likeness (QED) is 0.139. The molecule has 0 unspecified atom stereocenters. The molecule has 0 aliphatic rings. The molecule has 0 saturated carbocycles. The van der Waals surface area contributed by atoms with Crippen molar-refractivity contribution >= 4 is 34.8 Å². The number of terminal acetylenes is 1. The van der Waals surface area contributed by atoms with Gasteiger partial charge in [0.1, 0.15) is 0 Å². The van der Waals surface area contributed by atoms with Crippen LogP contribution in [0.4, 0.5) is 0 Å². The van der Waals surface area contributed by atoms with Gasteiger partial charge in [-0.3, -0.25) is 4.79 Å². The molecule has 6 nitrogen and oxygen atoms in total. The number of benzene rings is 2. The first kappa shape index (κ1) is 27.2. The minimum atomic E-state index is -0.973. The Bertz CT molecular complexity index is 1270. The minimum absolute atomic E-state index is 0.153. The van der Waals surface area contributed by atoms with Gasteiger partial charge in [0.15, 0.2) is 0 Å². The maximum Gasteiger partial charge on any atom is 0.307 e. The van der Waals surface area contributed by atoms with Gasteiger partial charge in [-0.1, -0.05) is 67.1 Å². The third-order valence-electron chi connectivity index (χ3n) is 4.70. The lowest BCUT2D eigenvalue weighted by Crippen LogP contribution is -1.98. The zero-order chi connectivity index (χ0) is 25.6. The van der Waals surface area contributed by atoms with Gasteiger partial charge in [-0.2, -0.15) is 4.98 Å². The Morgan fingerprint density at radius 1 is 1.20 bits per heavy atom. The van der Waals surface area contributed by atoms with Gasteiger partial charge in [0.05, 0.1) is 22.5 Å². The number of carbonyl (C=O) groups is 1. The molecule has 7 heteroatoms. The van der Waals surface area contributed by atoms with Crippen LogP contribution in [0.1, 0.15) is 32.3 Å². The van der Waals surface area contributed by atoms with Crippen LogP contribution in [0.25, 0.3) is 22.2 Å². The smallest absolute Gasteiger partial charge is 0.307 e. The lowest BCUT2D eigenvalue weighted by atomic mass is 10.0. The van der Waals surface area contributed by atoms with Crippen LogP contribution in [0.5, 0.6) is 6.01 Å². The molecule has 2 aromatic carbocycles. The molecular formula is C28H28ClN3O3. The van der Waals surface area contributed by atoms with Crippen molar-refractivity contribution in [2.75, 3.05) is 0 Å². The number of fused-ring (bicyclic) bond motifs is 1. The van der Waals surface area contributed by atoms with Gasteiger partial charge in [0, 0.05) is 11.8 Å². The van der Waals surface area contributed by atoms with Crippen molar-refractivity contribution in [3.63, 3.8) is 0 Å². The number of allylic oxidation sites excluding steroid dienone is 4. The average molecular weight is 490 g/mol. The number of rotatable bonds is 10. The molecule has 0 radical (unpaired) electrons. The van der Waals surface area contributed by atoms with E-state index in [1.807, 2.05) is 18.2 Å². The number of aromatic nitrogens is 2. The largest absolute Gasteiger partial charge is 0.481 e. The second-order valence-electron chi connectivity index (χ2n) is 7.19. The number of ether oxygens (including phenoxy) is 1. The summed E-state index contributed by atoms with van der Waals surface area (Å²) in [6, 6.07) is 12.2. The number of hydrogen-bond acceptors (Lipinski definition) is 4. The van der Waals surface area contributed by atoms with Crippen LogP contribution in [0.15, 0.2) is 77.7 Å². The van der Waals surface area contributed by atoms with Gasteiger partial charge in [0.2, 0.25) is 5.88 Å². The summed E-state index contributed by atoms with van der Waals surface area (Å²) < 4.78 is 5.63. The molecule has 35 heavy (non-hydrogen) atoms. The summed E-state index contributed by atoms with van der Waals surface area (Å²) in [5.41, 5.74) is 4.45. The van der Waals surface area contributed by atoms with E-state index in [0.29, 0.717) is 16.1 Å². The van der Waals surface area contributed by atoms with Gasteiger partial charge >= 0.3 is 12.0 Å². The van der Waals surface area contributed by atoms with Gasteiger partial charge in [0.25, 0.3) is 0 Å². The Morgan fingerprint density at radius 3 is 2.57 bits per heavy atom. The van der Waals surface area contributed by atoms with Crippen LogP contribution in [0.2, 0.25) is 5.02 Å². The van der Waals surface area contributed by atoms with Crippen molar-refractivity contribution < 1.29 is 14.6 Å². The standard InChI is InChI=1S/C26H26ClN3O3.C2H2/c1-3-5-6-7-8-9-18-10-12-19(13-11-18)20-16-22-23(17-21(20)27)30-26(29-22)33-24(28-4-2)14-15-25(31)32;1-2/h4-8,10-14,16-17H,3,9,15H2,1-2H3,(H,29,30)(H,31,32);1-2H/b6-5-,8-7-,24-14+,28-4-;. The highest BCUT2D eigenvalue weighted by atomic mass is 35.5. The number of H-pyrrole nitrogens is 1. The fraction of sp³-hybridized carbons (Fsp3) is 0.179. The van der Waals surface area contributed by atoms with Crippen molar-refractivity contribution in [2.45, 2.75) is 33.1 Å². The number of hydrogen-bond donors (Lipinski definition) is 2. The third-order valence-corrected chi connectivity index (χ3v) is 5.01. The van der Waals surface area contributed by atoms with E-state index in [1.165, 1.54) is 17.9 Å². The molecule has 3 aromatic rings. The molecule has 1 heterocycles. The highest BCUT2D eigenvalue weighted by Crippen LogP contribution is 2.32. The Labute approximate surface area is 210 Å². The number of carboxylic acids is 1. The summed E-state index contributed by atoms with van der Waals surface area (Å²) in [6.45, 7) is 3.83. The van der Waals surface area contributed by atoms with E-state index >= 15 is 0 Å². The van der Waals surface area contributed by atoms with E-state index in [4.69, 9.17) is 21.4 Å². The molecule has 0 amide bonds. The fourth-order valence-electron chi connectivity index (χ4n) is 3.12. The molecular weight excluding hydrogens is 462 g/mol. The predicted octanol–water partition coefficient (Wildman–Crippen LogP) is 6.98. The van der Waals surface area contributed by atoms with E-state index in [9.17, 15) is 4.79 Å². The number of aliphatic imine (C=N–C) groups is 1. The van der Waals surface area contributed by atoms with Crippen LogP contribution in [-0.2, 0) is 11.2 Å². The van der Waals surface area contributed by atoms with Crippen molar-refractivity contribution in [1.29, 1.82) is 0 Å². The van der Waals surface area contributed by atoms with E-state index in [2.05, 4.69) is 71.2 Å². The van der Waals surface area contributed by atoms with Crippen LogP contribution in [0.3, 0.4) is 0 Å². The SMILES string of the molecule is C#C.C/C=N\C(=C/CC(=O)O)Oc1nc2cc(-c3ccc(C/C=C\C=C/CC)cc3)c(Cl)cc2[nH]1.